The Morgan fingerprint density at radius 1 is 0.448 bits per heavy atom. The van der Waals surface area contributed by atoms with Crippen LogP contribution in [0.1, 0.15) is 142 Å². The molecule has 2 heteroatoms. The van der Waals surface area contributed by atoms with Crippen molar-refractivity contribution in [3.05, 3.63) is 0 Å². The van der Waals surface area contributed by atoms with Crippen LogP contribution in [0.4, 0.5) is 0 Å². The third-order valence-electron chi connectivity index (χ3n) is 6.68. The van der Waals surface area contributed by atoms with Crippen molar-refractivity contribution in [2.24, 2.45) is 0 Å². The van der Waals surface area contributed by atoms with E-state index in [9.17, 15) is 0 Å². The molecule has 0 radical (unpaired) electrons. The van der Waals surface area contributed by atoms with Gasteiger partial charge in [-0.15, -0.1) is 0 Å². The van der Waals surface area contributed by atoms with E-state index in [4.69, 9.17) is 4.74 Å². The summed E-state index contributed by atoms with van der Waals surface area (Å²) in [7, 11) is 0. The van der Waals surface area contributed by atoms with Gasteiger partial charge in [0.1, 0.15) is 0 Å². The molecule has 0 saturated carbocycles. The van der Waals surface area contributed by atoms with E-state index in [0.29, 0.717) is 0 Å². The van der Waals surface area contributed by atoms with Crippen LogP contribution in [0.5, 0.6) is 0 Å². The molecule has 0 amide bonds. The first kappa shape index (κ1) is 27.0. The smallest absolute Gasteiger partial charge is 0.0594 e. The molecule has 1 aliphatic heterocycles. The van der Waals surface area contributed by atoms with E-state index in [2.05, 4.69) is 11.8 Å². The molecule has 0 aromatic rings. The number of nitrogens with zero attached hydrogens (tertiary/aromatic N) is 1. The Balaban J connectivity index is 1.63. The summed E-state index contributed by atoms with van der Waals surface area (Å²) in [5, 5.41) is 0. The van der Waals surface area contributed by atoms with Crippen molar-refractivity contribution < 1.29 is 4.74 Å². The summed E-state index contributed by atoms with van der Waals surface area (Å²) in [5.41, 5.74) is 0. The van der Waals surface area contributed by atoms with Crippen molar-refractivity contribution in [1.29, 1.82) is 0 Å². The van der Waals surface area contributed by atoms with Gasteiger partial charge in [-0.05, 0) is 13.0 Å². The number of rotatable bonds is 22. The minimum atomic E-state index is 0.944. The Morgan fingerprint density at radius 2 is 0.759 bits per heavy atom. The minimum absolute atomic E-state index is 0.944. The molecule has 0 aromatic carbocycles. The van der Waals surface area contributed by atoms with Crippen molar-refractivity contribution in [2.45, 2.75) is 142 Å². The predicted octanol–water partition coefficient (Wildman–Crippen LogP) is 8.53. The van der Waals surface area contributed by atoms with Crippen LogP contribution >= 0.6 is 0 Å². The number of morpholine rings is 1. The van der Waals surface area contributed by atoms with Crippen LogP contribution in [0.25, 0.3) is 0 Å². The summed E-state index contributed by atoms with van der Waals surface area (Å²) in [6.07, 6.45) is 30.7. The standard InChI is InChI=1S/C27H55NO/c1-2-3-4-5-6-7-8-9-10-11-12-13-14-15-16-17-18-19-20-21-22-23-28-24-26-29-27-25-28/h2-27H2,1H3. The summed E-state index contributed by atoms with van der Waals surface area (Å²) in [6, 6.07) is 0. The van der Waals surface area contributed by atoms with Crippen LogP contribution in [0.15, 0.2) is 0 Å². The molecule has 1 heterocycles. The van der Waals surface area contributed by atoms with Gasteiger partial charge in [0, 0.05) is 13.1 Å². The Morgan fingerprint density at radius 3 is 1.10 bits per heavy atom. The second kappa shape index (κ2) is 22.6. The number of hydrogen-bond acceptors (Lipinski definition) is 2. The summed E-state index contributed by atoms with van der Waals surface area (Å²) in [6.45, 7) is 7.79. The Labute approximate surface area is 184 Å². The molecule has 0 spiro atoms. The first-order valence-corrected chi connectivity index (χ1v) is 13.7. The van der Waals surface area contributed by atoms with Crippen molar-refractivity contribution >= 4 is 0 Å². The number of hydrogen-bond donors (Lipinski definition) is 0. The van der Waals surface area contributed by atoms with Crippen LogP contribution in [0.2, 0.25) is 0 Å². The molecule has 1 aliphatic rings. The maximum atomic E-state index is 5.41. The Hall–Kier alpha value is -0.0800. The van der Waals surface area contributed by atoms with E-state index in [0.717, 1.165) is 26.3 Å². The van der Waals surface area contributed by atoms with Gasteiger partial charge in [-0.2, -0.15) is 0 Å². The quantitative estimate of drug-likeness (QED) is 0.166. The van der Waals surface area contributed by atoms with Crippen molar-refractivity contribution in [2.75, 3.05) is 32.8 Å². The zero-order chi connectivity index (χ0) is 20.7. The van der Waals surface area contributed by atoms with E-state index in [1.54, 1.807) is 0 Å². The lowest BCUT2D eigenvalue weighted by molar-refractivity contribution is 0.0371. The predicted molar refractivity (Wildman–Crippen MR) is 130 cm³/mol. The van der Waals surface area contributed by atoms with Crippen molar-refractivity contribution in [3.8, 4) is 0 Å². The van der Waals surface area contributed by atoms with Gasteiger partial charge in [0.2, 0.25) is 0 Å². The van der Waals surface area contributed by atoms with E-state index < -0.39 is 0 Å². The third kappa shape index (κ3) is 19.6. The maximum absolute atomic E-state index is 5.41. The largest absolute Gasteiger partial charge is 0.379 e. The molecule has 0 bridgehead atoms. The fraction of sp³-hybridized carbons (Fsp3) is 1.00. The monoisotopic (exact) mass is 409 g/mol. The first-order chi connectivity index (χ1) is 14.4. The van der Waals surface area contributed by atoms with Gasteiger partial charge in [0.05, 0.1) is 13.2 Å². The molecule has 0 N–H and O–H groups in total. The topological polar surface area (TPSA) is 12.5 Å². The first-order valence-electron chi connectivity index (χ1n) is 13.7. The molecule has 1 saturated heterocycles. The fourth-order valence-electron chi connectivity index (χ4n) is 4.59. The summed E-state index contributed by atoms with van der Waals surface area (Å²) < 4.78 is 5.41. The lowest BCUT2D eigenvalue weighted by Gasteiger charge is -2.26. The highest BCUT2D eigenvalue weighted by atomic mass is 16.5. The second-order valence-electron chi connectivity index (χ2n) is 9.53. The minimum Gasteiger partial charge on any atom is -0.379 e. The molecule has 2 nitrogen and oxygen atoms in total. The highest BCUT2D eigenvalue weighted by molar-refractivity contribution is 4.61. The zero-order valence-corrected chi connectivity index (χ0v) is 20.2. The molecule has 0 aliphatic carbocycles. The molecule has 0 aromatic heterocycles. The average Bonchev–Trinajstić information content (AvgIpc) is 2.75. The van der Waals surface area contributed by atoms with Gasteiger partial charge in [-0.3, -0.25) is 4.90 Å². The molecule has 174 valence electrons. The van der Waals surface area contributed by atoms with Crippen LogP contribution in [-0.4, -0.2) is 37.7 Å². The molecule has 1 rings (SSSR count). The normalized spacial score (nSPS) is 15.2. The van der Waals surface area contributed by atoms with Crippen LogP contribution in [0, 0.1) is 0 Å². The molecule has 1 fully saturated rings. The van der Waals surface area contributed by atoms with Gasteiger partial charge in [0.25, 0.3) is 0 Å². The van der Waals surface area contributed by atoms with E-state index in [-0.39, 0.29) is 0 Å². The number of ether oxygens (including phenoxy) is 1. The molecule has 29 heavy (non-hydrogen) atoms. The molecular weight excluding hydrogens is 354 g/mol. The third-order valence-corrected chi connectivity index (χ3v) is 6.68. The fourth-order valence-corrected chi connectivity index (χ4v) is 4.59. The molecule has 0 atom stereocenters. The Bertz CT molecular complexity index is 301. The van der Waals surface area contributed by atoms with Crippen molar-refractivity contribution in [1.82, 2.24) is 4.90 Å². The van der Waals surface area contributed by atoms with E-state index in [1.807, 2.05) is 0 Å². The lowest BCUT2D eigenvalue weighted by Crippen LogP contribution is -2.36. The Kier molecular flexibility index (Phi) is 21.0. The SMILES string of the molecule is CCCCCCCCCCCCCCCCCCCCCCCN1CCOCC1. The van der Waals surface area contributed by atoms with Gasteiger partial charge in [-0.25, -0.2) is 0 Å². The average molecular weight is 410 g/mol. The highest BCUT2D eigenvalue weighted by Crippen LogP contribution is 2.15. The van der Waals surface area contributed by atoms with Crippen LogP contribution in [0.3, 0.4) is 0 Å². The highest BCUT2D eigenvalue weighted by Gasteiger charge is 2.08. The van der Waals surface area contributed by atoms with Gasteiger partial charge in [0.15, 0.2) is 0 Å². The van der Waals surface area contributed by atoms with Gasteiger partial charge >= 0.3 is 0 Å². The van der Waals surface area contributed by atoms with Crippen molar-refractivity contribution in [3.63, 3.8) is 0 Å². The number of unbranched alkanes of at least 4 members (excludes halogenated alkanes) is 20. The molecule has 0 unspecified atom stereocenters. The second-order valence-corrected chi connectivity index (χ2v) is 9.53. The summed E-state index contributed by atoms with van der Waals surface area (Å²) in [4.78, 5) is 2.57. The maximum Gasteiger partial charge on any atom is 0.0594 e. The van der Waals surface area contributed by atoms with Gasteiger partial charge in [-0.1, -0.05) is 135 Å². The summed E-state index contributed by atoms with van der Waals surface area (Å²) in [5.74, 6) is 0. The van der Waals surface area contributed by atoms with E-state index >= 15 is 0 Å². The van der Waals surface area contributed by atoms with Crippen LogP contribution < -0.4 is 0 Å². The van der Waals surface area contributed by atoms with Crippen LogP contribution in [-0.2, 0) is 4.74 Å². The zero-order valence-electron chi connectivity index (χ0n) is 20.2. The van der Waals surface area contributed by atoms with Gasteiger partial charge < -0.3 is 4.74 Å². The molecular formula is C27H55NO. The van der Waals surface area contributed by atoms with E-state index in [1.165, 1.54) is 141 Å². The lowest BCUT2D eigenvalue weighted by atomic mass is 10.0. The summed E-state index contributed by atoms with van der Waals surface area (Å²) >= 11 is 0.